The van der Waals surface area contributed by atoms with E-state index in [9.17, 15) is 4.39 Å². The van der Waals surface area contributed by atoms with Crippen molar-refractivity contribution in [3.63, 3.8) is 0 Å². The van der Waals surface area contributed by atoms with Gasteiger partial charge in [-0.05, 0) is 60.9 Å². The smallest absolute Gasteiger partial charge is 0.165 e. The Balaban J connectivity index is 1.67. The average molecular weight is 369 g/mol. The van der Waals surface area contributed by atoms with E-state index in [-0.39, 0.29) is 11.6 Å². The van der Waals surface area contributed by atoms with Crippen molar-refractivity contribution in [2.75, 3.05) is 0 Å². The number of hydrogen-bond acceptors (Lipinski definition) is 3. The zero-order valence-corrected chi connectivity index (χ0v) is 16.1. The van der Waals surface area contributed by atoms with Crippen LogP contribution in [0.2, 0.25) is 0 Å². The van der Waals surface area contributed by atoms with Gasteiger partial charge in [0.25, 0.3) is 0 Å². The molecule has 2 nitrogen and oxygen atoms in total. The van der Waals surface area contributed by atoms with Crippen LogP contribution in [0, 0.1) is 11.7 Å². The molecule has 0 aliphatic heterocycles. The number of nitrogens with zero attached hydrogens (tertiary/aromatic N) is 2. The molecule has 136 valence electrons. The second kappa shape index (κ2) is 9.16. The minimum absolute atomic E-state index is 0.248. The van der Waals surface area contributed by atoms with E-state index in [1.54, 1.807) is 0 Å². The molecule has 1 saturated carbocycles. The minimum atomic E-state index is -0.340. The van der Waals surface area contributed by atoms with Crippen molar-refractivity contribution in [1.82, 2.24) is 4.98 Å². The lowest BCUT2D eigenvalue weighted by Crippen LogP contribution is -2.13. The van der Waals surface area contributed by atoms with Crippen LogP contribution >= 0.6 is 12.2 Å². The molecule has 3 rings (SSSR count). The SMILES string of the molecule is CCCCC1CCC(c2ccc(-c3cnc(N=C=S)cc3F)cc2)CC1. The maximum atomic E-state index is 14.3. The van der Waals surface area contributed by atoms with E-state index in [0.717, 1.165) is 11.5 Å². The first-order chi connectivity index (χ1) is 12.7. The Kier molecular flexibility index (Phi) is 6.65. The molecule has 1 fully saturated rings. The van der Waals surface area contributed by atoms with Crippen LogP contribution in [0.3, 0.4) is 0 Å². The monoisotopic (exact) mass is 368 g/mol. The topological polar surface area (TPSA) is 25.2 Å². The van der Waals surface area contributed by atoms with Crippen molar-refractivity contribution in [1.29, 1.82) is 0 Å². The molecule has 26 heavy (non-hydrogen) atoms. The summed E-state index contributed by atoms with van der Waals surface area (Å²) in [5.41, 5.74) is 2.70. The van der Waals surface area contributed by atoms with Crippen LogP contribution < -0.4 is 0 Å². The lowest BCUT2D eigenvalue weighted by molar-refractivity contribution is 0.304. The first kappa shape index (κ1) is 18.9. The standard InChI is InChI=1S/C22H25FN2S/c1-2-3-4-16-5-7-17(8-6-16)18-9-11-19(12-10-18)20-14-24-22(25-15-26)13-21(20)23/h9-14,16-17H,2-8H2,1H3. The van der Waals surface area contributed by atoms with Crippen LogP contribution in [0.25, 0.3) is 11.1 Å². The van der Waals surface area contributed by atoms with E-state index in [1.165, 1.54) is 62.8 Å². The lowest BCUT2D eigenvalue weighted by Gasteiger charge is -2.29. The number of pyridine rings is 1. The van der Waals surface area contributed by atoms with Crippen LogP contribution in [0.1, 0.15) is 63.4 Å². The third kappa shape index (κ3) is 4.63. The van der Waals surface area contributed by atoms with Gasteiger partial charge in [0.15, 0.2) is 5.82 Å². The first-order valence-corrected chi connectivity index (χ1v) is 9.95. The van der Waals surface area contributed by atoms with E-state index in [2.05, 4.69) is 46.4 Å². The molecule has 0 saturated heterocycles. The summed E-state index contributed by atoms with van der Waals surface area (Å²) in [6.07, 6.45) is 10.8. The number of hydrogen-bond donors (Lipinski definition) is 0. The highest BCUT2D eigenvalue weighted by atomic mass is 32.1. The molecule has 2 aromatic rings. The summed E-state index contributed by atoms with van der Waals surface area (Å²) < 4.78 is 14.3. The maximum absolute atomic E-state index is 14.3. The van der Waals surface area contributed by atoms with E-state index < -0.39 is 0 Å². The van der Waals surface area contributed by atoms with Crippen LogP contribution in [0.15, 0.2) is 41.5 Å². The zero-order chi connectivity index (χ0) is 18.4. The number of unbranched alkanes of at least 4 members (excludes halogenated alkanes) is 1. The van der Waals surface area contributed by atoms with Crippen LogP contribution in [-0.2, 0) is 0 Å². The Morgan fingerprint density at radius 2 is 1.92 bits per heavy atom. The van der Waals surface area contributed by atoms with Crippen LogP contribution in [-0.4, -0.2) is 10.1 Å². The molecule has 0 spiro atoms. The zero-order valence-electron chi connectivity index (χ0n) is 15.2. The minimum Gasteiger partial charge on any atom is -0.236 e. The van der Waals surface area contributed by atoms with Crippen molar-refractivity contribution < 1.29 is 4.39 Å². The molecule has 0 radical (unpaired) electrons. The van der Waals surface area contributed by atoms with Gasteiger partial charge in [0, 0.05) is 17.8 Å². The third-order valence-corrected chi connectivity index (χ3v) is 5.60. The first-order valence-electron chi connectivity index (χ1n) is 9.55. The molecular formula is C22H25FN2S. The maximum Gasteiger partial charge on any atom is 0.165 e. The van der Waals surface area contributed by atoms with Gasteiger partial charge in [0.1, 0.15) is 5.82 Å². The summed E-state index contributed by atoms with van der Waals surface area (Å²) in [6.45, 7) is 2.27. The Labute approximate surface area is 160 Å². The number of thiocarbonyl (C=S) groups is 1. The van der Waals surface area contributed by atoms with Crippen LogP contribution in [0.4, 0.5) is 10.2 Å². The predicted octanol–water partition coefficient (Wildman–Crippen LogP) is 7.09. The van der Waals surface area contributed by atoms with Crippen molar-refractivity contribution in [3.8, 4) is 11.1 Å². The van der Waals surface area contributed by atoms with E-state index in [0.29, 0.717) is 11.5 Å². The second-order valence-electron chi connectivity index (χ2n) is 7.21. The van der Waals surface area contributed by atoms with Gasteiger partial charge in [-0.2, -0.15) is 4.99 Å². The van der Waals surface area contributed by atoms with Crippen molar-refractivity contribution in [2.45, 2.75) is 57.8 Å². The predicted molar refractivity (Wildman–Crippen MR) is 109 cm³/mol. The van der Waals surface area contributed by atoms with Crippen molar-refractivity contribution >= 4 is 23.2 Å². The summed E-state index contributed by atoms with van der Waals surface area (Å²) >= 11 is 4.53. The molecule has 0 unspecified atom stereocenters. The molecule has 4 heteroatoms. The quantitative estimate of drug-likeness (QED) is 0.402. The van der Waals surface area contributed by atoms with Gasteiger partial charge < -0.3 is 0 Å². The van der Waals surface area contributed by atoms with Gasteiger partial charge in [-0.1, -0.05) is 50.5 Å². The molecule has 0 amide bonds. The van der Waals surface area contributed by atoms with Gasteiger partial charge in [-0.3, -0.25) is 0 Å². The van der Waals surface area contributed by atoms with Crippen molar-refractivity contribution in [3.05, 3.63) is 47.9 Å². The summed E-state index contributed by atoms with van der Waals surface area (Å²) in [6, 6.07) is 9.59. The Hall–Kier alpha value is -1.90. The fraction of sp³-hybridized carbons (Fsp3) is 0.455. The molecule has 1 heterocycles. The lowest BCUT2D eigenvalue weighted by atomic mass is 9.77. The normalized spacial score (nSPS) is 19.8. The third-order valence-electron chi connectivity index (χ3n) is 5.51. The molecule has 1 aliphatic carbocycles. The summed E-state index contributed by atoms with van der Waals surface area (Å²) in [7, 11) is 0. The highest BCUT2D eigenvalue weighted by Gasteiger charge is 2.22. The Bertz CT molecular complexity index is 773. The number of benzene rings is 1. The van der Waals surface area contributed by atoms with Gasteiger partial charge in [-0.15, -0.1) is 0 Å². The van der Waals surface area contributed by atoms with Gasteiger partial charge in [0.2, 0.25) is 0 Å². The molecule has 0 bridgehead atoms. The number of halogens is 1. The highest BCUT2D eigenvalue weighted by Crippen LogP contribution is 2.38. The molecular weight excluding hydrogens is 343 g/mol. The molecule has 1 aromatic carbocycles. The number of isothiocyanates is 1. The molecule has 1 aromatic heterocycles. The van der Waals surface area contributed by atoms with E-state index in [1.807, 2.05) is 12.1 Å². The summed E-state index contributed by atoms with van der Waals surface area (Å²) in [4.78, 5) is 7.83. The molecule has 1 aliphatic rings. The number of aromatic nitrogens is 1. The highest BCUT2D eigenvalue weighted by molar-refractivity contribution is 7.78. The van der Waals surface area contributed by atoms with Gasteiger partial charge in [-0.25, -0.2) is 9.37 Å². The van der Waals surface area contributed by atoms with E-state index >= 15 is 0 Å². The van der Waals surface area contributed by atoms with Gasteiger partial charge >= 0.3 is 0 Å². The van der Waals surface area contributed by atoms with Crippen molar-refractivity contribution in [2.24, 2.45) is 10.9 Å². The fourth-order valence-electron chi connectivity index (χ4n) is 3.95. The van der Waals surface area contributed by atoms with Crippen LogP contribution in [0.5, 0.6) is 0 Å². The van der Waals surface area contributed by atoms with E-state index in [4.69, 9.17) is 0 Å². The Morgan fingerprint density at radius 3 is 2.54 bits per heavy atom. The molecule has 0 atom stereocenters. The second-order valence-corrected chi connectivity index (χ2v) is 7.39. The van der Waals surface area contributed by atoms with Gasteiger partial charge in [0.05, 0.1) is 5.16 Å². The Morgan fingerprint density at radius 1 is 1.19 bits per heavy atom. The summed E-state index contributed by atoms with van der Waals surface area (Å²) in [5.74, 6) is 1.47. The number of aliphatic imine (C=N–C) groups is 1. The average Bonchev–Trinajstić information content (AvgIpc) is 2.67. The largest absolute Gasteiger partial charge is 0.236 e. The fourth-order valence-corrected chi connectivity index (χ4v) is 4.05. The number of rotatable bonds is 6. The summed E-state index contributed by atoms with van der Waals surface area (Å²) in [5, 5.41) is 2.21. The molecule has 0 N–H and O–H groups in total.